The van der Waals surface area contributed by atoms with Crippen LogP contribution in [0, 0.1) is 6.92 Å². The molecule has 0 bridgehead atoms. The summed E-state index contributed by atoms with van der Waals surface area (Å²) in [6, 6.07) is 6.41. The summed E-state index contributed by atoms with van der Waals surface area (Å²) in [5.41, 5.74) is 1.42. The minimum absolute atomic E-state index is 0.165. The fraction of sp³-hybridized carbons (Fsp3) is 0.412. The van der Waals surface area contributed by atoms with E-state index in [1.165, 1.54) is 9.21 Å². The van der Waals surface area contributed by atoms with Crippen molar-refractivity contribution in [2.24, 2.45) is 0 Å². The largest absolute Gasteiger partial charge is 0.347 e. The second kappa shape index (κ2) is 6.14. The standard InChI is InChI=1S/C17H21N3O3S/c1-12-10-13-6-4-8-15(16(13)18-11-12)24(22,23)20-9-5-7-14(20)17(21)19(2)3/h4,6,8,10-11,14H,5,7,9H2,1-3H3. The van der Waals surface area contributed by atoms with E-state index < -0.39 is 16.1 Å². The maximum Gasteiger partial charge on any atom is 0.245 e. The Morgan fingerprint density at radius 3 is 2.79 bits per heavy atom. The molecule has 6 nitrogen and oxygen atoms in total. The monoisotopic (exact) mass is 347 g/mol. The lowest BCUT2D eigenvalue weighted by Crippen LogP contribution is -2.45. The number of nitrogens with zero attached hydrogens (tertiary/aromatic N) is 3. The van der Waals surface area contributed by atoms with E-state index >= 15 is 0 Å². The lowest BCUT2D eigenvalue weighted by atomic mass is 10.2. The molecule has 1 aliphatic rings. The molecule has 7 heteroatoms. The first-order chi connectivity index (χ1) is 11.3. The van der Waals surface area contributed by atoms with Crippen molar-refractivity contribution in [1.82, 2.24) is 14.2 Å². The third-order valence-electron chi connectivity index (χ3n) is 4.33. The molecule has 1 unspecified atom stereocenters. The second-order valence-electron chi connectivity index (χ2n) is 6.35. The predicted octanol–water partition coefficient (Wildman–Crippen LogP) is 1.78. The molecule has 1 aliphatic heterocycles. The van der Waals surface area contributed by atoms with E-state index in [1.807, 2.05) is 19.1 Å². The van der Waals surface area contributed by atoms with Gasteiger partial charge in [0.05, 0.1) is 5.52 Å². The van der Waals surface area contributed by atoms with Crippen LogP contribution in [0.15, 0.2) is 35.4 Å². The number of aromatic nitrogens is 1. The van der Waals surface area contributed by atoms with Gasteiger partial charge < -0.3 is 4.90 Å². The Balaban J connectivity index is 2.10. The zero-order chi connectivity index (χ0) is 17.5. The first-order valence-electron chi connectivity index (χ1n) is 7.91. The molecule has 0 radical (unpaired) electrons. The van der Waals surface area contributed by atoms with Crippen molar-refractivity contribution in [2.45, 2.75) is 30.7 Å². The summed E-state index contributed by atoms with van der Waals surface area (Å²) < 4.78 is 27.7. The van der Waals surface area contributed by atoms with Gasteiger partial charge >= 0.3 is 0 Å². The highest BCUT2D eigenvalue weighted by molar-refractivity contribution is 7.89. The Morgan fingerprint density at radius 1 is 1.33 bits per heavy atom. The van der Waals surface area contributed by atoms with E-state index in [9.17, 15) is 13.2 Å². The molecule has 1 aromatic heterocycles. The highest BCUT2D eigenvalue weighted by Crippen LogP contribution is 2.30. The zero-order valence-corrected chi connectivity index (χ0v) is 14.9. The van der Waals surface area contributed by atoms with Crippen molar-refractivity contribution in [3.05, 3.63) is 36.0 Å². The maximum atomic E-state index is 13.2. The van der Waals surface area contributed by atoms with Gasteiger partial charge in [0, 0.05) is 32.2 Å². The van der Waals surface area contributed by atoms with E-state index in [0.29, 0.717) is 24.9 Å². The molecule has 1 fully saturated rings. The summed E-state index contributed by atoms with van der Waals surface area (Å²) >= 11 is 0. The maximum absolute atomic E-state index is 13.2. The average molecular weight is 347 g/mol. The van der Waals surface area contributed by atoms with Gasteiger partial charge in [-0.25, -0.2) is 8.42 Å². The van der Waals surface area contributed by atoms with Crippen LogP contribution in [0.1, 0.15) is 18.4 Å². The van der Waals surface area contributed by atoms with E-state index in [4.69, 9.17) is 0 Å². The molecule has 1 saturated heterocycles. The third-order valence-corrected chi connectivity index (χ3v) is 6.27. The van der Waals surface area contributed by atoms with Gasteiger partial charge in [-0.1, -0.05) is 12.1 Å². The third kappa shape index (κ3) is 2.78. The van der Waals surface area contributed by atoms with Gasteiger partial charge in [0.15, 0.2) is 0 Å². The summed E-state index contributed by atoms with van der Waals surface area (Å²) in [5.74, 6) is -0.180. The van der Waals surface area contributed by atoms with Gasteiger partial charge in [0.25, 0.3) is 0 Å². The van der Waals surface area contributed by atoms with E-state index in [0.717, 1.165) is 10.9 Å². The molecule has 1 aromatic carbocycles. The molecule has 2 aromatic rings. The zero-order valence-electron chi connectivity index (χ0n) is 14.1. The minimum Gasteiger partial charge on any atom is -0.347 e. The van der Waals surface area contributed by atoms with Gasteiger partial charge in [-0.15, -0.1) is 0 Å². The van der Waals surface area contributed by atoms with Gasteiger partial charge in [0.2, 0.25) is 15.9 Å². The summed E-state index contributed by atoms with van der Waals surface area (Å²) in [4.78, 5) is 18.3. The number of carbonyl (C=O) groups is 1. The van der Waals surface area contributed by atoms with Crippen LogP contribution in [0.2, 0.25) is 0 Å². The van der Waals surface area contributed by atoms with Crippen molar-refractivity contribution in [2.75, 3.05) is 20.6 Å². The Hall–Kier alpha value is -1.99. The summed E-state index contributed by atoms with van der Waals surface area (Å²) in [7, 11) is -0.489. The van der Waals surface area contributed by atoms with Crippen LogP contribution in [0.3, 0.4) is 0 Å². The minimum atomic E-state index is -3.78. The van der Waals surface area contributed by atoms with E-state index in [-0.39, 0.29) is 10.8 Å². The van der Waals surface area contributed by atoms with Crippen molar-refractivity contribution in [3.8, 4) is 0 Å². The van der Waals surface area contributed by atoms with Crippen LogP contribution in [-0.4, -0.2) is 55.2 Å². The first kappa shape index (κ1) is 16.9. The normalized spacial score (nSPS) is 18.9. The number of para-hydroxylation sites is 1. The summed E-state index contributed by atoms with van der Waals surface area (Å²) in [6.45, 7) is 2.27. The number of benzene rings is 1. The van der Waals surface area contributed by atoms with Crippen LogP contribution >= 0.6 is 0 Å². The first-order valence-corrected chi connectivity index (χ1v) is 9.35. The number of amides is 1. The predicted molar refractivity (Wildman–Crippen MR) is 92.1 cm³/mol. The van der Waals surface area contributed by atoms with E-state index in [2.05, 4.69) is 4.98 Å². The van der Waals surface area contributed by atoms with Gasteiger partial charge in [-0.2, -0.15) is 4.31 Å². The molecule has 128 valence electrons. The van der Waals surface area contributed by atoms with Gasteiger partial charge in [-0.05, 0) is 37.5 Å². The quantitative estimate of drug-likeness (QED) is 0.849. The number of likely N-dealkylation sites (N-methyl/N-ethyl adjacent to an activating group) is 1. The number of sulfonamides is 1. The van der Waals surface area contributed by atoms with Gasteiger partial charge in [0.1, 0.15) is 10.9 Å². The van der Waals surface area contributed by atoms with Crippen LogP contribution in [0.4, 0.5) is 0 Å². The topological polar surface area (TPSA) is 70.6 Å². The van der Waals surface area contributed by atoms with Crippen LogP contribution in [-0.2, 0) is 14.8 Å². The Kier molecular flexibility index (Phi) is 4.31. The molecule has 1 atom stereocenters. The second-order valence-corrected chi connectivity index (χ2v) is 8.21. The molecule has 0 saturated carbocycles. The number of hydrogen-bond acceptors (Lipinski definition) is 4. The van der Waals surface area contributed by atoms with Crippen molar-refractivity contribution >= 4 is 26.8 Å². The number of carbonyl (C=O) groups excluding carboxylic acids is 1. The number of aryl methyl sites for hydroxylation is 1. The smallest absolute Gasteiger partial charge is 0.245 e. The van der Waals surface area contributed by atoms with E-state index in [1.54, 1.807) is 32.4 Å². The molecular formula is C17H21N3O3S. The molecule has 1 amide bonds. The highest BCUT2D eigenvalue weighted by Gasteiger charge is 2.40. The summed E-state index contributed by atoms with van der Waals surface area (Å²) in [5, 5.41) is 0.783. The number of fused-ring (bicyclic) bond motifs is 1. The number of rotatable bonds is 3. The van der Waals surface area contributed by atoms with Crippen molar-refractivity contribution in [3.63, 3.8) is 0 Å². The lowest BCUT2D eigenvalue weighted by molar-refractivity contribution is -0.132. The van der Waals surface area contributed by atoms with Crippen molar-refractivity contribution < 1.29 is 13.2 Å². The molecule has 3 rings (SSSR count). The molecule has 0 aliphatic carbocycles. The highest BCUT2D eigenvalue weighted by atomic mass is 32.2. The number of hydrogen-bond donors (Lipinski definition) is 0. The Bertz CT molecular complexity index is 893. The van der Waals surface area contributed by atoms with Crippen LogP contribution in [0.25, 0.3) is 10.9 Å². The summed E-state index contributed by atoms with van der Waals surface area (Å²) in [6.07, 6.45) is 2.89. The molecule has 0 spiro atoms. The average Bonchev–Trinajstić information content (AvgIpc) is 3.03. The SMILES string of the molecule is Cc1cnc2c(S(=O)(=O)N3CCCC3C(=O)N(C)C)cccc2c1. The van der Waals surface area contributed by atoms with Crippen LogP contribution in [0.5, 0.6) is 0 Å². The molecule has 0 N–H and O–H groups in total. The van der Waals surface area contributed by atoms with Gasteiger partial charge in [-0.3, -0.25) is 9.78 Å². The molecule has 2 heterocycles. The Labute approximate surface area is 142 Å². The lowest BCUT2D eigenvalue weighted by Gasteiger charge is -2.25. The fourth-order valence-corrected chi connectivity index (χ4v) is 4.97. The van der Waals surface area contributed by atoms with Crippen LogP contribution < -0.4 is 0 Å². The molecule has 24 heavy (non-hydrogen) atoms. The molecular weight excluding hydrogens is 326 g/mol. The fourth-order valence-electron chi connectivity index (χ4n) is 3.15. The van der Waals surface area contributed by atoms with Crippen molar-refractivity contribution in [1.29, 1.82) is 0 Å². The Morgan fingerprint density at radius 2 is 2.08 bits per heavy atom. The number of pyridine rings is 1.